The molecular weight excluding hydrogens is 80.0 g/mol. The highest BCUT2D eigenvalue weighted by molar-refractivity contribution is 4.81. The van der Waals surface area contributed by atoms with Gasteiger partial charge in [-0.1, -0.05) is 0 Å². The summed E-state index contributed by atoms with van der Waals surface area (Å²) in [4.78, 5) is 0. The van der Waals surface area contributed by atoms with Crippen LogP contribution in [0.4, 0.5) is 0 Å². The summed E-state index contributed by atoms with van der Waals surface area (Å²) >= 11 is 0. The van der Waals surface area contributed by atoms with Crippen molar-refractivity contribution in [3.05, 3.63) is 6.61 Å². The van der Waals surface area contributed by atoms with E-state index >= 15 is 0 Å². The third-order valence-corrected chi connectivity index (χ3v) is 0.659. The highest BCUT2D eigenvalue weighted by atomic mass is 16.6. The lowest BCUT2D eigenvalue weighted by atomic mass is 10.5. The zero-order chi connectivity index (χ0) is 4.41. The molecule has 1 aliphatic heterocycles. The van der Waals surface area contributed by atoms with Crippen LogP contribution in [-0.4, -0.2) is 19.8 Å². The molecule has 1 fully saturated rings. The Labute approximate surface area is 37.1 Å². The Hall–Kier alpha value is -0.210. The van der Waals surface area contributed by atoms with Crippen LogP contribution in [0.2, 0.25) is 0 Å². The molecular formula is C4H7O2+. The summed E-state index contributed by atoms with van der Waals surface area (Å²) in [6.45, 7) is 2.46. The Morgan fingerprint density at radius 3 is 2.83 bits per heavy atom. The highest BCUT2D eigenvalue weighted by Crippen LogP contribution is 2.14. The van der Waals surface area contributed by atoms with E-state index in [9.17, 15) is 0 Å². The number of rotatable bonds is 2. The fourth-order valence-electron chi connectivity index (χ4n) is 0.298. The van der Waals surface area contributed by atoms with E-state index in [1.165, 1.54) is 0 Å². The van der Waals surface area contributed by atoms with E-state index in [4.69, 9.17) is 9.47 Å². The minimum Gasteiger partial charge on any atom is -0.377 e. The molecule has 1 unspecified atom stereocenters. The van der Waals surface area contributed by atoms with Crippen molar-refractivity contribution >= 4 is 0 Å². The van der Waals surface area contributed by atoms with Crippen LogP contribution in [0.5, 0.6) is 0 Å². The zero-order valence-corrected chi connectivity index (χ0v) is 3.68. The van der Waals surface area contributed by atoms with Crippen LogP contribution in [0.3, 0.4) is 0 Å². The molecule has 34 valence electrons. The number of hydrogen-bond acceptors (Lipinski definition) is 2. The van der Waals surface area contributed by atoms with Crippen molar-refractivity contribution in [1.29, 1.82) is 0 Å². The minimum atomic E-state index is 0.301. The monoisotopic (exact) mass is 87.0 g/mol. The van der Waals surface area contributed by atoms with E-state index in [2.05, 4.69) is 0 Å². The van der Waals surface area contributed by atoms with Gasteiger partial charge in [0.15, 0.2) is 0 Å². The number of epoxide rings is 1. The van der Waals surface area contributed by atoms with Crippen molar-refractivity contribution in [3.8, 4) is 0 Å². The van der Waals surface area contributed by atoms with Crippen molar-refractivity contribution in [1.82, 2.24) is 0 Å². The van der Waals surface area contributed by atoms with Crippen LogP contribution < -0.4 is 0 Å². The molecule has 0 N–H and O–H groups in total. The molecule has 0 spiro atoms. The van der Waals surface area contributed by atoms with Gasteiger partial charge in [0, 0.05) is 7.11 Å². The molecule has 1 saturated heterocycles. The summed E-state index contributed by atoms with van der Waals surface area (Å²) in [6, 6.07) is 0. The number of hydrogen-bond donors (Lipinski definition) is 0. The van der Waals surface area contributed by atoms with Gasteiger partial charge in [0.05, 0.1) is 0 Å². The Morgan fingerprint density at radius 1 is 2.00 bits per heavy atom. The largest absolute Gasteiger partial charge is 0.377 e. The molecule has 0 aromatic rings. The van der Waals surface area contributed by atoms with Crippen LogP contribution in [0.15, 0.2) is 0 Å². The van der Waals surface area contributed by atoms with Gasteiger partial charge < -0.3 is 4.74 Å². The van der Waals surface area contributed by atoms with Crippen LogP contribution in [-0.2, 0) is 9.47 Å². The topological polar surface area (TPSA) is 21.8 Å². The molecule has 0 saturated carbocycles. The van der Waals surface area contributed by atoms with Gasteiger partial charge in [0.25, 0.3) is 12.7 Å². The fraction of sp³-hybridized carbons (Fsp3) is 0.750. The molecule has 0 aromatic heterocycles. The second-order valence-corrected chi connectivity index (χ2v) is 1.27. The van der Waals surface area contributed by atoms with Gasteiger partial charge in [-0.25, -0.2) is 0 Å². The fourth-order valence-corrected chi connectivity index (χ4v) is 0.298. The molecule has 1 aliphatic rings. The molecule has 1 atom stereocenters. The Balaban J connectivity index is 1.88. The molecule has 0 radical (unpaired) electrons. The second-order valence-electron chi connectivity index (χ2n) is 1.27. The minimum absolute atomic E-state index is 0.301. The molecule has 0 bridgehead atoms. The summed E-state index contributed by atoms with van der Waals surface area (Å²) in [5.74, 6) is 0. The Bertz CT molecular complexity index is 40.8. The van der Waals surface area contributed by atoms with Gasteiger partial charge in [-0.15, -0.1) is 4.74 Å². The molecule has 1 heterocycles. The van der Waals surface area contributed by atoms with E-state index in [0.717, 1.165) is 0 Å². The first-order valence-electron chi connectivity index (χ1n) is 1.91. The van der Waals surface area contributed by atoms with Gasteiger partial charge >= 0.3 is 0 Å². The Kier molecular flexibility index (Phi) is 0.986. The molecule has 0 amide bonds. The van der Waals surface area contributed by atoms with Gasteiger partial charge in [0.1, 0.15) is 6.61 Å². The van der Waals surface area contributed by atoms with Crippen LogP contribution in [0.25, 0.3) is 0 Å². The lowest BCUT2D eigenvalue weighted by molar-refractivity contribution is 0.171. The summed E-state index contributed by atoms with van der Waals surface area (Å²) < 4.78 is 9.41. The van der Waals surface area contributed by atoms with Crippen molar-refractivity contribution in [2.45, 2.75) is 6.10 Å². The van der Waals surface area contributed by atoms with E-state index in [1.807, 2.05) is 0 Å². The van der Waals surface area contributed by atoms with Gasteiger partial charge in [-0.3, -0.25) is 0 Å². The van der Waals surface area contributed by atoms with Crippen LogP contribution in [0.1, 0.15) is 0 Å². The third kappa shape index (κ3) is 0.880. The summed E-state index contributed by atoms with van der Waals surface area (Å²) in [5.41, 5.74) is 0. The van der Waals surface area contributed by atoms with Crippen molar-refractivity contribution < 1.29 is 9.47 Å². The van der Waals surface area contributed by atoms with Gasteiger partial charge in [-0.2, -0.15) is 0 Å². The Morgan fingerprint density at radius 2 is 2.67 bits per heavy atom. The highest BCUT2D eigenvalue weighted by Gasteiger charge is 2.38. The van der Waals surface area contributed by atoms with Crippen LogP contribution >= 0.6 is 0 Å². The molecule has 1 rings (SSSR count). The summed E-state index contributed by atoms with van der Waals surface area (Å²) in [7, 11) is 1.66. The first-order valence-corrected chi connectivity index (χ1v) is 1.91. The van der Waals surface area contributed by atoms with Crippen molar-refractivity contribution in [3.63, 3.8) is 0 Å². The maximum absolute atomic E-state index is 4.71. The van der Waals surface area contributed by atoms with Crippen molar-refractivity contribution in [2.75, 3.05) is 13.7 Å². The SMILES string of the molecule is COCC1[CH+]O1. The van der Waals surface area contributed by atoms with Crippen molar-refractivity contribution in [2.24, 2.45) is 0 Å². The average molecular weight is 87.1 g/mol. The molecule has 2 heteroatoms. The number of methoxy groups -OCH3 is 1. The first kappa shape index (κ1) is 3.96. The average Bonchev–Trinajstić information content (AvgIpc) is 2.21. The summed E-state index contributed by atoms with van der Waals surface area (Å²) in [6.07, 6.45) is 0.301. The lowest BCUT2D eigenvalue weighted by Gasteiger charge is -1.78. The first-order chi connectivity index (χ1) is 2.93. The lowest BCUT2D eigenvalue weighted by Crippen LogP contribution is -1.93. The second kappa shape index (κ2) is 1.49. The van der Waals surface area contributed by atoms with E-state index < -0.39 is 0 Å². The van der Waals surface area contributed by atoms with Gasteiger partial charge in [-0.05, 0) is 0 Å². The predicted molar refractivity (Wildman–Crippen MR) is 21.0 cm³/mol. The quantitative estimate of drug-likeness (QED) is 0.354. The molecule has 0 aliphatic carbocycles. The molecule has 6 heavy (non-hydrogen) atoms. The maximum atomic E-state index is 4.71. The molecule has 0 aromatic carbocycles. The molecule has 2 nitrogen and oxygen atoms in total. The zero-order valence-electron chi connectivity index (χ0n) is 3.68. The van der Waals surface area contributed by atoms with E-state index in [1.54, 1.807) is 13.7 Å². The van der Waals surface area contributed by atoms with Gasteiger partial charge in [0.2, 0.25) is 0 Å². The van der Waals surface area contributed by atoms with Crippen LogP contribution in [0, 0.1) is 6.61 Å². The standard InChI is InChI=1S/C4H7O2/c1-5-2-4-3-6-4/h3-4H,2H2,1H3/q+1. The maximum Gasteiger partial charge on any atom is 0.298 e. The predicted octanol–water partition coefficient (Wildman–Crippen LogP) is 0.193. The normalized spacial score (nSPS) is 29.2. The van der Waals surface area contributed by atoms with E-state index in [-0.39, 0.29) is 0 Å². The summed E-state index contributed by atoms with van der Waals surface area (Å²) in [5, 5.41) is 0. The van der Waals surface area contributed by atoms with E-state index in [0.29, 0.717) is 12.7 Å². The smallest absolute Gasteiger partial charge is 0.298 e. The third-order valence-electron chi connectivity index (χ3n) is 0.659. The number of ether oxygens (including phenoxy) is 2.